The van der Waals surface area contributed by atoms with Crippen LogP contribution in [0.2, 0.25) is 0 Å². The van der Waals surface area contributed by atoms with E-state index < -0.39 is 23.6 Å². The van der Waals surface area contributed by atoms with E-state index in [1.54, 1.807) is 70.3 Å². The summed E-state index contributed by atoms with van der Waals surface area (Å²) < 4.78 is 22.6. The molecule has 0 saturated heterocycles. The monoisotopic (exact) mass is 677 g/mol. The van der Waals surface area contributed by atoms with Crippen LogP contribution in [-0.4, -0.2) is 68.5 Å². The number of carbonyl (C=O) groups is 4. The van der Waals surface area contributed by atoms with Crippen molar-refractivity contribution in [2.45, 2.75) is 65.4 Å². The number of carboxylic acids is 1. The van der Waals surface area contributed by atoms with Crippen LogP contribution in [0.25, 0.3) is 0 Å². The van der Waals surface area contributed by atoms with Crippen LogP contribution in [0.15, 0.2) is 60.7 Å². The fourth-order valence-corrected chi connectivity index (χ4v) is 4.71. The van der Waals surface area contributed by atoms with Gasteiger partial charge in [0.2, 0.25) is 0 Å². The van der Waals surface area contributed by atoms with Crippen LogP contribution >= 0.6 is 0 Å². The van der Waals surface area contributed by atoms with Crippen molar-refractivity contribution in [1.82, 2.24) is 5.32 Å². The van der Waals surface area contributed by atoms with Crippen LogP contribution < -0.4 is 29.7 Å². The van der Waals surface area contributed by atoms with Gasteiger partial charge in [0.1, 0.15) is 22.8 Å². The molecule has 0 fully saturated rings. The quantitative estimate of drug-likeness (QED) is 0.130. The van der Waals surface area contributed by atoms with Crippen LogP contribution in [0.1, 0.15) is 79.2 Å². The third-order valence-corrected chi connectivity index (χ3v) is 7.15. The maximum absolute atomic E-state index is 13.6. The second-order valence-electron chi connectivity index (χ2n) is 12.4. The molecule has 3 rings (SSSR count). The lowest BCUT2D eigenvalue weighted by Crippen LogP contribution is -2.33. The number of ether oxygens (including phenoxy) is 4. The number of alkyl carbamates (subject to hydrolysis) is 1. The molecule has 0 aromatic heterocycles. The summed E-state index contributed by atoms with van der Waals surface area (Å²) in [6.45, 7) is 8.29. The van der Waals surface area contributed by atoms with E-state index in [-0.39, 0.29) is 18.9 Å². The van der Waals surface area contributed by atoms with Crippen molar-refractivity contribution in [3.63, 3.8) is 0 Å². The average molecular weight is 678 g/mol. The van der Waals surface area contributed by atoms with Gasteiger partial charge in [0.25, 0.3) is 11.8 Å². The van der Waals surface area contributed by atoms with E-state index in [9.17, 15) is 19.2 Å². The van der Waals surface area contributed by atoms with Crippen molar-refractivity contribution in [3.05, 3.63) is 77.4 Å². The summed E-state index contributed by atoms with van der Waals surface area (Å²) in [6.07, 6.45) is 2.10. The highest BCUT2D eigenvalue weighted by Gasteiger charge is 2.21. The van der Waals surface area contributed by atoms with Gasteiger partial charge in [0.15, 0.2) is 0 Å². The lowest BCUT2D eigenvalue weighted by Gasteiger charge is -2.22. The smallest absolute Gasteiger partial charge is 0.407 e. The first-order chi connectivity index (χ1) is 23.3. The Morgan fingerprint density at radius 2 is 1.55 bits per heavy atom. The normalized spacial score (nSPS) is 10.9. The number of aryl methyl sites for hydroxylation is 1. The summed E-state index contributed by atoms with van der Waals surface area (Å²) in [7, 11) is 3.10. The number of para-hydroxylation sites is 1. The summed E-state index contributed by atoms with van der Waals surface area (Å²) in [4.78, 5) is 51.0. The molecule has 0 aliphatic heterocycles. The number of carboxylic acid groups (broad SMARTS) is 1. The minimum absolute atomic E-state index is 0.124. The Labute approximate surface area is 287 Å². The summed E-state index contributed by atoms with van der Waals surface area (Å²) in [5.41, 5.74) is 1.96. The Morgan fingerprint density at radius 1 is 0.837 bits per heavy atom. The number of aliphatic carboxylic acids is 1. The topological polar surface area (TPSA) is 153 Å². The number of methoxy groups -OCH3 is 1. The Kier molecular flexibility index (Phi) is 14.3. The second-order valence-corrected chi connectivity index (χ2v) is 12.4. The number of carbonyl (C=O) groups excluding carboxylic acids is 3. The summed E-state index contributed by atoms with van der Waals surface area (Å²) in [5.74, 6) is -0.344. The molecule has 3 aromatic rings. The van der Waals surface area contributed by atoms with Gasteiger partial charge in [-0.05, 0) is 101 Å². The number of hydrogen-bond donors (Lipinski definition) is 3. The number of nitrogens with zero attached hydrogens (tertiary/aromatic N) is 1. The minimum Gasteiger partial charge on any atom is -0.495 e. The van der Waals surface area contributed by atoms with E-state index in [4.69, 9.17) is 24.1 Å². The van der Waals surface area contributed by atoms with Crippen molar-refractivity contribution >= 4 is 35.3 Å². The van der Waals surface area contributed by atoms with E-state index in [0.29, 0.717) is 72.2 Å². The van der Waals surface area contributed by atoms with Gasteiger partial charge in [-0.1, -0.05) is 18.2 Å². The number of hydrogen-bond acceptors (Lipinski definition) is 8. The van der Waals surface area contributed by atoms with Gasteiger partial charge < -0.3 is 39.6 Å². The van der Waals surface area contributed by atoms with Crippen molar-refractivity contribution in [1.29, 1.82) is 0 Å². The SMILES string of the molecule is COc1cc(C(=O)N(C)c2ccc(C)cc2OCCCCCC(=O)O)ccc1NC(=O)c1ccccc1OCCCNC(=O)OC(C)(C)C. The number of benzene rings is 3. The van der Waals surface area contributed by atoms with Gasteiger partial charge in [-0.3, -0.25) is 14.4 Å². The standard InChI is InChI=1S/C37H47N3O9/c1-25-16-19-29(32(23-25)48-21-11-7-8-15-33(41)42)40(5)35(44)26-17-18-28(31(24-26)46-6)39-34(43)27-13-9-10-14-30(27)47-22-12-20-38-36(45)49-37(2,3)4/h9-10,13-14,16-19,23-24H,7-8,11-12,15,20-22H2,1-6H3,(H,38,45)(H,39,43)(H,41,42). The highest BCUT2D eigenvalue weighted by Crippen LogP contribution is 2.32. The number of amides is 3. The zero-order chi connectivity index (χ0) is 36.0. The number of rotatable bonds is 17. The Balaban J connectivity index is 1.64. The van der Waals surface area contributed by atoms with Crippen molar-refractivity contribution in [2.75, 3.05) is 44.1 Å². The predicted molar refractivity (Wildman–Crippen MR) is 187 cm³/mol. The number of nitrogens with one attached hydrogen (secondary N) is 2. The second kappa shape index (κ2) is 18.3. The van der Waals surface area contributed by atoms with Crippen LogP contribution in [0.4, 0.5) is 16.2 Å². The molecule has 3 amide bonds. The van der Waals surface area contributed by atoms with Crippen LogP contribution in [0.5, 0.6) is 17.2 Å². The Bertz CT molecular complexity index is 1600. The van der Waals surface area contributed by atoms with Crippen molar-refractivity contribution in [3.8, 4) is 17.2 Å². The van der Waals surface area contributed by atoms with E-state index in [0.717, 1.165) is 12.0 Å². The fraction of sp³-hybridized carbons (Fsp3) is 0.405. The van der Waals surface area contributed by atoms with E-state index >= 15 is 0 Å². The minimum atomic E-state index is -0.816. The fourth-order valence-electron chi connectivity index (χ4n) is 4.71. The van der Waals surface area contributed by atoms with Crippen molar-refractivity contribution in [2.24, 2.45) is 0 Å². The first-order valence-corrected chi connectivity index (χ1v) is 16.2. The number of unbranched alkanes of at least 4 members (excludes halogenated alkanes) is 2. The van der Waals surface area contributed by atoms with Gasteiger partial charge in [0.05, 0.1) is 37.3 Å². The molecule has 49 heavy (non-hydrogen) atoms. The molecule has 0 aliphatic rings. The molecule has 0 aliphatic carbocycles. The van der Waals surface area contributed by atoms with Gasteiger partial charge >= 0.3 is 12.1 Å². The first kappa shape index (κ1) is 38.2. The highest BCUT2D eigenvalue weighted by atomic mass is 16.6. The molecule has 0 spiro atoms. The highest BCUT2D eigenvalue weighted by molar-refractivity contribution is 6.09. The predicted octanol–water partition coefficient (Wildman–Crippen LogP) is 6.85. The van der Waals surface area contributed by atoms with E-state index in [2.05, 4.69) is 10.6 Å². The molecule has 3 N–H and O–H groups in total. The first-order valence-electron chi connectivity index (χ1n) is 16.2. The number of anilines is 2. The molecule has 12 heteroatoms. The van der Waals surface area contributed by atoms with Gasteiger partial charge in [-0.2, -0.15) is 0 Å². The zero-order valence-corrected chi connectivity index (χ0v) is 29.1. The Morgan fingerprint density at radius 3 is 2.27 bits per heavy atom. The molecule has 0 atom stereocenters. The third kappa shape index (κ3) is 12.4. The average Bonchev–Trinajstić information content (AvgIpc) is 3.05. The zero-order valence-electron chi connectivity index (χ0n) is 29.1. The molecule has 3 aromatic carbocycles. The lowest BCUT2D eigenvalue weighted by atomic mass is 10.1. The van der Waals surface area contributed by atoms with Gasteiger partial charge in [-0.15, -0.1) is 0 Å². The van der Waals surface area contributed by atoms with Gasteiger partial charge in [-0.25, -0.2) is 4.79 Å². The molecule has 0 unspecified atom stereocenters. The summed E-state index contributed by atoms with van der Waals surface area (Å²) >= 11 is 0. The molecule has 0 radical (unpaired) electrons. The molecular weight excluding hydrogens is 630 g/mol. The maximum atomic E-state index is 13.6. The van der Waals surface area contributed by atoms with E-state index in [1.807, 2.05) is 25.1 Å². The maximum Gasteiger partial charge on any atom is 0.407 e. The lowest BCUT2D eigenvalue weighted by molar-refractivity contribution is -0.137. The largest absolute Gasteiger partial charge is 0.495 e. The third-order valence-electron chi connectivity index (χ3n) is 7.15. The van der Waals surface area contributed by atoms with Crippen LogP contribution in [-0.2, 0) is 9.53 Å². The molecular formula is C37H47N3O9. The summed E-state index contributed by atoms with van der Waals surface area (Å²) in [5, 5.41) is 14.4. The van der Waals surface area contributed by atoms with E-state index in [1.165, 1.54) is 12.0 Å². The molecule has 264 valence electrons. The molecule has 0 saturated carbocycles. The van der Waals surface area contributed by atoms with Crippen molar-refractivity contribution < 1.29 is 43.2 Å². The van der Waals surface area contributed by atoms with Gasteiger partial charge in [0, 0.05) is 25.6 Å². The Hall–Kier alpha value is -5.26. The van der Waals surface area contributed by atoms with Crippen LogP contribution in [0.3, 0.4) is 0 Å². The molecule has 0 bridgehead atoms. The summed E-state index contributed by atoms with van der Waals surface area (Å²) in [6, 6.07) is 17.1. The molecule has 0 heterocycles. The molecule has 12 nitrogen and oxygen atoms in total. The van der Waals surface area contributed by atoms with Crippen LogP contribution in [0, 0.1) is 6.92 Å².